The van der Waals surface area contributed by atoms with Crippen molar-refractivity contribution >= 4 is 18.1 Å². The van der Waals surface area contributed by atoms with Crippen LogP contribution in [0.2, 0.25) is 0 Å². The van der Waals surface area contributed by atoms with Crippen molar-refractivity contribution in [3.63, 3.8) is 0 Å². The highest BCUT2D eigenvalue weighted by atomic mass is 35.5. The van der Waals surface area contributed by atoms with E-state index in [0.29, 0.717) is 18.3 Å². The second-order valence-electron chi connectivity index (χ2n) is 6.44. The number of nitrogens with zero attached hydrogens (tertiary/aromatic N) is 3. The maximum Gasteiger partial charge on any atom is 0.231 e. The first kappa shape index (κ1) is 20.4. The van der Waals surface area contributed by atoms with Crippen molar-refractivity contribution in [1.29, 1.82) is 0 Å². The van der Waals surface area contributed by atoms with Gasteiger partial charge in [0.15, 0.2) is 0 Å². The minimum atomic E-state index is 0. The fourth-order valence-electron chi connectivity index (χ4n) is 2.86. The lowest BCUT2D eigenvalue weighted by Gasteiger charge is -2.03. The largest absolute Gasteiger partial charge is 0.396 e. The lowest BCUT2D eigenvalue weighted by molar-refractivity contribution is 0.140. The Balaban J connectivity index is 0.00000243. The minimum absolute atomic E-state index is 0. The third-order valence-electron chi connectivity index (χ3n) is 4.45. The van der Waals surface area contributed by atoms with Crippen molar-refractivity contribution in [2.75, 3.05) is 19.7 Å². The average Bonchev–Trinajstić information content (AvgIpc) is 3.33. The van der Waals surface area contributed by atoms with Crippen LogP contribution in [0.3, 0.4) is 0 Å². The highest BCUT2D eigenvalue weighted by Gasteiger charge is 2.23. The van der Waals surface area contributed by atoms with Gasteiger partial charge in [-0.3, -0.25) is 0 Å². The first-order chi connectivity index (χ1) is 12.3. The molecule has 0 unspecified atom stereocenters. The third-order valence-corrected chi connectivity index (χ3v) is 4.45. The maximum absolute atomic E-state index is 5.42. The van der Waals surface area contributed by atoms with E-state index in [4.69, 9.17) is 9.36 Å². The molecule has 1 fully saturated rings. The van der Waals surface area contributed by atoms with Crippen molar-refractivity contribution in [2.24, 2.45) is 5.16 Å². The van der Waals surface area contributed by atoms with Gasteiger partial charge in [-0.05, 0) is 31.9 Å². The second kappa shape index (κ2) is 10.3. The van der Waals surface area contributed by atoms with Gasteiger partial charge >= 0.3 is 0 Å². The number of aromatic nitrogens is 2. The summed E-state index contributed by atoms with van der Waals surface area (Å²) in [6.07, 6.45) is 4.45. The molecule has 0 radical (unpaired) electrons. The molecule has 0 spiro atoms. The Bertz CT molecular complexity index is 694. The second-order valence-corrected chi connectivity index (χ2v) is 6.44. The number of unbranched alkanes of at least 4 members (excludes halogenated alkanes) is 2. The number of hydrogen-bond acceptors (Lipinski definition) is 6. The highest BCUT2D eigenvalue weighted by molar-refractivity contribution is 5.98. The summed E-state index contributed by atoms with van der Waals surface area (Å²) in [4.78, 5) is 9.91. The van der Waals surface area contributed by atoms with Gasteiger partial charge in [0.25, 0.3) is 0 Å². The van der Waals surface area contributed by atoms with E-state index in [1.54, 1.807) is 0 Å². The topological polar surface area (TPSA) is 72.5 Å². The van der Waals surface area contributed by atoms with Crippen LogP contribution < -0.4 is 5.32 Å². The number of nitrogens with one attached hydrogen (secondary N) is 1. The summed E-state index contributed by atoms with van der Waals surface area (Å²) in [6.45, 7) is 6.72. The summed E-state index contributed by atoms with van der Waals surface area (Å²) < 4.78 is 5.42. The van der Waals surface area contributed by atoms with Gasteiger partial charge in [-0.25, -0.2) is 0 Å². The van der Waals surface area contributed by atoms with Crippen molar-refractivity contribution < 1.29 is 9.36 Å². The molecule has 1 aliphatic heterocycles. The predicted molar refractivity (Wildman–Crippen MR) is 105 cm³/mol. The molecule has 1 aromatic carbocycles. The molecule has 1 saturated heterocycles. The molecule has 6 nitrogen and oxygen atoms in total. The molecule has 26 heavy (non-hydrogen) atoms. The Hall–Kier alpha value is -1.92. The third kappa shape index (κ3) is 5.29. The van der Waals surface area contributed by atoms with Crippen LogP contribution in [0.4, 0.5) is 0 Å². The Kier molecular flexibility index (Phi) is 8.06. The molecule has 7 heteroatoms. The quantitative estimate of drug-likeness (QED) is 0.424. The van der Waals surface area contributed by atoms with Gasteiger partial charge in [0.1, 0.15) is 6.61 Å². The summed E-state index contributed by atoms with van der Waals surface area (Å²) in [7, 11) is 0. The standard InChI is InChI=1S/C19H26N4O2.ClH/c1-3-4-5-12-24-22-14(2)15-6-8-16(9-7-15)18-21-19(25-23-18)17-10-11-20-13-17;/h6-9,17,20H,3-5,10-13H2,1-2H3;1H/t17-;/m1./s1. The molecule has 142 valence electrons. The normalized spacial score (nSPS) is 17.2. The molecule has 2 aromatic rings. The van der Waals surface area contributed by atoms with Crippen LogP contribution in [0.1, 0.15) is 56.9 Å². The lowest BCUT2D eigenvalue weighted by Crippen LogP contribution is -2.08. The number of halogens is 1. The Labute approximate surface area is 160 Å². The van der Waals surface area contributed by atoms with Crippen molar-refractivity contribution in [2.45, 2.75) is 45.4 Å². The van der Waals surface area contributed by atoms with Crippen molar-refractivity contribution in [3.05, 3.63) is 35.7 Å². The van der Waals surface area contributed by atoms with E-state index < -0.39 is 0 Å². The van der Waals surface area contributed by atoms with Crippen LogP contribution in [-0.4, -0.2) is 35.5 Å². The van der Waals surface area contributed by atoms with Gasteiger partial charge in [0, 0.05) is 12.1 Å². The number of benzene rings is 1. The van der Waals surface area contributed by atoms with E-state index in [-0.39, 0.29) is 12.4 Å². The molecule has 1 atom stereocenters. The van der Waals surface area contributed by atoms with Crippen LogP contribution in [-0.2, 0) is 4.84 Å². The zero-order valence-corrected chi connectivity index (χ0v) is 16.2. The van der Waals surface area contributed by atoms with E-state index in [0.717, 1.165) is 48.7 Å². The van der Waals surface area contributed by atoms with Crippen molar-refractivity contribution in [3.8, 4) is 11.4 Å². The molecule has 0 amide bonds. The molecule has 1 aliphatic rings. The molecule has 0 aliphatic carbocycles. The first-order valence-electron chi connectivity index (χ1n) is 9.09. The summed E-state index contributed by atoms with van der Waals surface area (Å²) in [6, 6.07) is 8.01. The van der Waals surface area contributed by atoms with Crippen LogP contribution in [0.25, 0.3) is 11.4 Å². The molecule has 3 rings (SSSR count). The lowest BCUT2D eigenvalue weighted by atomic mass is 10.1. The maximum atomic E-state index is 5.42. The van der Waals surface area contributed by atoms with E-state index >= 15 is 0 Å². The number of hydrogen-bond donors (Lipinski definition) is 1. The zero-order valence-electron chi connectivity index (χ0n) is 15.4. The molecular weight excluding hydrogens is 352 g/mol. The number of oxime groups is 1. The molecule has 0 bridgehead atoms. The van der Waals surface area contributed by atoms with E-state index in [9.17, 15) is 0 Å². The average molecular weight is 379 g/mol. The minimum Gasteiger partial charge on any atom is -0.396 e. The Morgan fingerprint density at radius 3 is 2.81 bits per heavy atom. The van der Waals surface area contributed by atoms with Gasteiger partial charge < -0.3 is 14.7 Å². The van der Waals surface area contributed by atoms with Crippen LogP contribution in [0.15, 0.2) is 33.9 Å². The molecular formula is C19H27ClN4O2. The summed E-state index contributed by atoms with van der Waals surface area (Å²) in [5.74, 6) is 1.70. The predicted octanol–water partition coefficient (Wildman–Crippen LogP) is 4.17. The van der Waals surface area contributed by atoms with E-state index in [1.165, 1.54) is 12.8 Å². The molecule has 2 heterocycles. The Morgan fingerprint density at radius 2 is 2.12 bits per heavy atom. The summed E-state index contributed by atoms with van der Waals surface area (Å²) in [5, 5.41) is 11.6. The first-order valence-corrected chi connectivity index (χ1v) is 9.09. The highest BCUT2D eigenvalue weighted by Crippen LogP contribution is 2.24. The molecule has 0 saturated carbocycles. The fraction of sp³-hybridized carbons (Fsp3) is 0.526. The smallest absolute Gasteiger partial charge is 0.231 e. The van der Waals surface area contributed by atoms with E-state index in [2.05, 4.69) is 27.5 Å². The van der Waals surface area contributed by atoms with Gasteiger partial charge in [-0.1, -0.05) is 54.3 Å². The SMILES string of the molecule is CCCCCON=C(C)c1ccc(-c2noc([C@@H]3CCNC3)n2)cc1.Cl. The van der Waals surface area contributed by atoms with E-state index in [1.807, 2.05) is 31.2 Å². The molecule has 1 N–H and O–H groups in total. The van der Waals surface area contributed by atoms with Gasteiger partial charge in [-0.15, -0.1) is 12.4 Å². The van der Waals surface area contributed by atoms with Crippen LogP contribution >= 0.6 is 12.4 Å². The van der Waals surface area contributed by atoms with Gasteiger partial charge in [0.2, 0.25) is 11.7 Å². The fourth-order valence-corrected chi connectivity index (χ4v) is 2.86. The van der Waals surface area contributed by atoms with Crippen LogP contribution in [0.5, 0.6) is 0 Å². The zero-order chi connectivity index (χ0) is 17.5. The Morgan fingerprint density at radius 1 is 1.31 bits per heavy atom. The summed E-state index contributed by atoms with van der Waals surface area (Å²) >= 11 is 0. The molecule has 1 aromatic heterocycles. The van der Waals surface area contributed by atoms with Crippen LogP contribution in [0, 0.1) is 0 Å². The monoisotopic (exact) mass is 378 g/mol. The van der Waals surface area contributed by atoms with Crippen molar-refractivity contribution in [1.82, 2.24) is 15.5 Å². The van der Waals surface area contributed by atoms with Gasteiger partial charge in [0.05, 0.1) is 11.6 Å². The number of rotatable bonds is 8. The summed E-state index contributed by atoms with van der Waals surface area (Å²) in [5.41, 5.74) is 2.85. The van der Waals surface area contributed by atoms with Gasteiger partial charge in [-0.2, -0.15) is 4.98 Å².